The molecule has 0 saturated heterocycles. The Labute approximate surface area is 251 Å². The number of amides is 2. The highest BCUT2D eigenvalue weighted by Gasteiger charge is 2.35. The number of hydrogen-bond donors (Lipinski definition) is 2. The van der Waals surface area contributed by atoms with Crippen LogP contribution in [-0.2, 0) is 22.4 Å². The third-order valence-corrected chi connectivity index (χ3v) is 10.0. The van der Waals surface area contributed by atoms with Crippen molar-refractivity contribution in [1.82, 2.24) is 0 Å². The van der Waals surface area contributed by atoms with Crippen molar-refractivity contribution in [1.29, 1.82) is 0 Å². The van der Waals surface area contributed by atoms with Crippen LogP contribution in [0.4, 0.5) is 10.7 Å². The van der Waals surface area contributed by atoms with Gasteiger partial charge in [0.2, 0.25) is 5.91 Å². The average Bonchev–Trinajstić information content (AvgIpc) is 3.28. The molecule has 4 rings (SSSR count). The van der Waals surface area contributed by atoms with E-state index in [2.05, 4.69) is 31.4 Å². The van der Waals surface area contributed by atoms with Crippen LogP contribution in [0.15, 0.2) is 53.4 Å². The summed E-state index contributed by atoms with van der Waals surface area (Å²) in [5, 5.41) is 6.26. The van der Waals surface area contributed by atoms with Crippen LogP contribution in [0.1, 0.15) is 84.2 Å². The second-order valence-electron chi connectivity index (χ2n) is 11.6. The SMILES string of the molecule is CCOC(=O)c1c(NC(=O)C(CC)Sc2cccc(NC(=O)c3cccc(C)c3)c2)sc2c1CCC(C(C)(C)C)C2. The number of carbonyl (C=O) groups excluding carboxylic acids is 3. The molecular formula is C33H40N2O4S2. The van der Waals surface area contributed by atoms with Crippen molar-refractivity contribution in [3.05, 3.63) is 75.7 Å². The van der Waals surface area contributed by atoms with Gasteiger partial charge in [-0.15, -0.1) is 23.1 Å². The molecule has 218 valence electrons. The van der Waals surface area contributed by atoms with Crippen LogP contribution in [0.3, 0.4) is 0 Å². The van der Waals surface area contributed by atoms with Crippen LogP contribution in [0.2, 0.25) is 0 Å². The Morgan fingerprint density at radius 2 is 1.83 bits per heavy atom. The van der Waals surface area contributed by atoms with Gasteiger partial charge in [0, 0.05) is 21.0 Å². The number of nitrogens with one attached hydrogen (secondary N) is 2. The van der Waals surface area contributed by atoms with Crippen molar-refractivity contribution in [3.8, 4) is 0 Å². The standard InChI is InChI=1S/C33H40N2O4S2/c1-7-26(40-24-14-10-13-23(19-24)34-29(36)21-12-9-11-20(3)17-21)30(37)35-31-28(32(38)39-8-2)25-16-15-22(33(4,5)6)18-27(25)41-31/h9-14,17,19,22,26H,7-8,15-16,18H2,1-6H3,(H,34,36)(H,35,37). The van der Waals surface area contributed by atoms with Gasteiger partial charge in [0.15, 0.2) is 0 Å². The molecule has 1 aliphatic rings. The number of ether oxygens (including phenoxy) is 1. The number of aryl methyl sites for hydroxylation is 1. The summed E-state index contributed by atoms with van der Waals surface area (Å²) in [6.45, 7) is 12.8. The maximum Gasteiger partial charge on any atom is 0.341 e. The highest BCUT2D eigenvalue weighted by atomic mass is 32.2. The van der Waals surface area contributed by atoms with Crippen LogP contribution >= 0.6 is 23.1 Å². The monoisotopic (exact) mass is 592 g/mol. The van der Waals surface area contributed by atoms with Crippen molar-refractivity contribution in [2.75, 3.05) is 17.2 Å². The Kier molecular flexibility index (Phi) is 9.97. The van der Waals surface area contributed by atoms with E-state index >= 15 is 0 Å². The summed E-state index contributed by atoms with van der Waals surface area (Å²) in [5.41, 5.74) is 4.01. The Hall–Kier alpha value is -3.10. The predicted octanol–water partition coefficient (Wildman–Crippen LogP) is 8.15. The van der Waals surface area contributed by atoms with E-state index in [9.17, 15) is 14.4 Å². The van der Waals surface area contributed by atoms with Crippen molar-refractivity contribution in [2.45, 2.75) is 77.4 Å². The first-order valence-electron chi connectivity index (χ1n) is 14.3. The number of anilines is 2. The number of thiophene rings is 1. The highest BCUT2D eigenvalue weighted by molar-refractivity contribution is 8.00. The molecule has 41 heavy (non-hydrogen) atoms. The number of carbonyl (C=O) groups is 3. The highest BCUT2D eigenvalue weighted by Crippen LogP contribution is 2.45. The Bertz CT molecular complexity index is 1420. The minimum atomic E-state index is -0.380. The molecule has 0 fully saturated rings. The normalized spacial score (nSPS) is 15.5. The summed E-state index contributed by atoms with van der Waals surface area (Å²) < 4.78 is 5.41. The van der Waals surface area contributed by atoms with E-state index in [-0.39, 0.29) is 35.1 Å². The Morgan fingerprint density at radius 3 is 2.51 bits per heavy atom. The Balaban J connectivity index is 1.50. The molecule has 2 unspecified atom stereocenters. The zero-order chi connectivity index (χ0) is 29.7. The van der Waals surface area contributed by atoms with Gasteiger partial charge in [0.25, 0.3) is 5.91 Å². The van der Waals surface area contributed by atoms with E-state index in [1.54, 1.807) is 13.0 Å². The lowest BCUT2D eigenvalue weighted by molar-refractivity contribution is -0.115. The molecule has 2 aromatic carbocycles. The van der Waals surface area contributed by atoms with E-state index in [1.165, 1.54) is 28.0 Å². The first-order chi connectivity index (χ1) is 19.5. The number of esters is 1. The average molecular weight is 593 g/mol. The van der Waals surface area contributed by atoms with E-state index < -0.39 is 0 Å². The van der Waals surface area contributed by atoms with E-state index in [4.69, 9.17) is 4.74 Å². The fourth-order valence-electron chi connectivity index (χ4n) is 5.15. The van der Waals surface area contributed by atoms with Gasteiger partial charge >= 0.3 is 5.97 Å². The maximum absolute atomic E-state index is 13.5. The number of fused-ring (bicyclic) bond motifs is 1. The zero-order valence-corrected chi connectivity index (χ0v) is 26.4. The lowest BCUT2D eigenvalue weighted by atomic mass is 9.72. The summed E-state index contributed by atoms with van der Waals surface area (Å²) in [6.07, 6.45) is 3.32. The van der Waals surface area contributed by atoms with Crippen molar-refractivity contribution in [2.24, 2.45) is 11.3 Å². The molecule has 1 aliphatic carbocycles. The minimum absolute atomic E-state index is 0.150. The first-order valence-corrected chi connectivity index (χ1v) is 16.0. The molecule has 0 spiro atoms. The number of benzene rings is 2. The fourth-order valence-corrected chi connectivity index (χ4v) is 7.48. The summed E-state index contributed by atoms with van der Waals surface area (Å²) in [6, 6.07) is 15.0. The molecule has 0 bridgehead atoms. The second kappa shape index (κ2) is 13.3. The van der Waals surface area contributed by atoms with Gasteiger partial charge in [-0.3, -0.25) is 9.59 Å². The molecule has 0 aliphatic heterocycles. The summed E-state index contributed by atoms with van der Waals surface area (Å²) in [7, 11) is 0. The van der Waals surface area contributed by atoms with Crippen LogP contribution < -0.4 is 10.6 Å². The summed E-state index contributed by atoms with van der Waals surface area (Å²) in [4.78, 5) is 41.4. The van der Waals surface area contributed by atoms with Crippen LogP contribution in [0.25, 0.3) is 0 Å². The molecule has 0 radical (unpaired) electrons. The molecule has 1 aromatic heterocycles. The Morgan fingerprint density at radius 1 is 1.07 bits per heavy atom. The summed E-state index contributed by atoms with van der Waals surface area (Å²) >= 11 is 2.96. The van der Waals surface area contributed by atoms with Crippen molar-refractivity contribution in [3.63, 3.8) is 0 Å². The van der Waals surface area contributed by atoms with Gasteiger partial charge < -0.3 is 15.4 Å². The van der Waals surface area contributed by atoms with Gasteiger partial charge in [-0.2, -0.15) is 0 Å². The minimum Gasteiger partial charge on any atom is -0.462 e. The zero-order valence-electron chi connectivity index (χ0n) is 24.8. The topological polar surface area (TPSA) is 84.5 Å². The molecule has 0 saturated carbocycles. The van der Waals surface area contributed by atoms with Gasteiger partial charge in [0.1, 0.15) is 5.00 Å². The maximum atomic E-state index is 13.5. The molecule has 2 amide bonds. The second-order valence-corrected chi connectivity index (χ2v) is 14.0. The molecular weight excluding hydrogens is 553 g/mol. The van der Waals surface area contributed by atoms with Gasteiger partial charge in [-0.05, 0) is 86.8 Å². The van der Waals surface area contributed by atoms with Crippen LogP contribution in [0.5, 0.6) is 0 Å². The fraction of sp³-hybridized carbons (Fsp3) is 0.424. The van der Waals surface area contributed by atoms with Gasteiger partial charge in [-0.25, -0.2) is 4.79 Å². The molecule has 6 nitrogen and oxygen atoms in total. The van der Waals surface area contributed by atoms with Crippen LogP contribution in [0, 0.1) is 18.3 Å². The van der Waals surface area contributed by atoms with Crippen molar-refractivity contribution >= 4 is 51.6 Å². The quantitative estimate of drug-likeness (QED) is 0.194. The van der Waals surface area contributed by atoms with Crippen LogP contribution in [-0.4, -0.2) is 29.6 Å². The molecule has 1 heterocycles. The van der Waals surface area contributed by atoms with Crippen molar-refractivity contribution < 1.29 is 19.1 Å². The first kappa shape index (κ1) is 30.8. The largest absolute Gasteiger partial charge is 0.462 e. The summed E-state index contributed by atoms with van der Waals surface area (Å²) in [5.74, 6) is -0.178. The van der Waals surface area contributed by atoms with Gasteiger partial charge in [-0.1, -0.05) is 51.5 Å². The predicted molar refractivity (Wildman–Crippen MR) is 169 cm³/mol. The van der Waals surface area contributed by atoms with Gasteiger partial charge in [0.05, 0.1) is 17.4 Å². The molecule has 2 N–H and O–H groups in total. The third kappa shape index (κ3) is 7.60. The number of hydrogen-bond acceptors (Lipinski definition) is 6. The molecule has 8 heteroatoms. The van der Waals surface area contributed by atoms with E-state index in [0.717, 1.165) is 35.3 Å². The molecule has 2 atom stereocenters. The lowest BCUT2D eigenvalue weighted by Gasteiger charge is -2.33. The number of thioether (sulfide) groups is 1. The lowest BCUT2D eigenvalue weighted by Crippen LogP contribution is -2.27. The number of rotatable bonds is 9. The smallest absolute Gasteiger partial charge is 0.341 e. The third-order valence-electron chi connectivity index (χ3n) is 7.52. The van der Waals surface area contributed by atoms with E-state index in [0.29, 0.717) is 34.2 Å². The van der Waals surface area contributed by atoms with E-state index in [1.807, 2.05) is 56.3 Å². The molecule has 3 aromatic rings.